The fourth-order valence-electron chi connectivity index (χ4n) is 0.556. The molecule has 11 heavy (non-hydrogen) atoms. The number of hydrogen-bond donors (Lipinski definition) is 2. The zero-order chi connectivity index (χ0) is 7.07. The van der Waals surface area contributed by atoms with Gasteiger partial charge in [-0.05, 0) is 24.3 Å². The van der Waals surface area contributed by atoms with Crippen LogP contribution in [0.5, 0.6) is 0 Å². The molecule has 0 aliphatic carbocycles. The molecule has 0 spiro atoms. The quantitative estimate of drug-likeness (QED) is 0.583. The Morgan fingerprint density at radius 1 is 0.545 bits per heavy atom. The highest BCUT2D eigenvalue weighted by Crippen LogP contribution is 1.72. The van der Waals surface area contributed by atoms with Crippen LogP contribution in [-0.4, -0.2) is 9.97 Å². The second-order valence-electron chi connectivity index (χ2n) is 1.77. The predicted octanol–water partition coefficient (Wildman–Crippen LogP) is 2.18. The molecule has 2 N–H and O–H groups in total. The van der Waals surface area contributed by atoms with Crippen molar-refractivity contribution < 1.29 is 4.70 Å². The maximum absolute atomic E-state index is 2.86. The molecule has 2 heterocycles. The summed E-state index contributed by atoms with van der Waals surface area (Å²) >= 11 is 0. The van der Waals surface area contributed by atoms with Crippen LogP contribution in [0.3, 0.4) is 0 Å². The first-order valence-corrected chi connectivity index (χ1v) is 3.15. The predicted molar refractivity (Wildman–Crippen MR) is 44.1 cm³/mol. The van der Waals surface area contributed by atoms with Gasteiger partial charge < -0.3 is 9.97 Å². The standard InChI is InChI=1S/2C4H5N.FH/c2*1-2-4-5-3-1;/h2*1-5H;1H. The van der Waals surface area contributed by atoms with Gasteiger partial charge in [0.05, 0.1) is 0 Å². The van der Waals surface area contributed by atoms with Crippen molar-refractivity contribution in [3.63, 3.8) is 0 Å². The lowest BCUT2D eigenvalue weighted by Gasteiger charge is -1.49. The molecule has 0 fully saturated rings. The minimum Gasteiger partial charge on any atom is -0.368 e. The molecule has 2 aromatic heterocycles. The zero-order valence-electron chi connectivity index (χ0n) is 6.03. The summed E-state index contributed by atoms with van der Waals surface area (Å²) in [6.07, 6.45) is 7.50. The minimum absolute atomic E-state index is 0. The van der Waals surface area contributed by atoms with Gasteiger partial charge in [0.1, 0.15) is 0 Å². The maximum atomic E-state index is 2.86. The first-order chi connectivity index (χ1) is 5.00. The third kappa shape index (κ3) is 4.96. The topological polar surface area (TPSA) is 31.6 Å². The largest absolute Gasteiger partial charge is 0.368 e. The molecule has 0 unspecified atom stereocenters. The Bertz CT molecular complexity index is 151. The number of H-pyrrole nitrogens is 2. The number of rotatable bonds is 0. The second-order valence-corrected chi connectivity index (χ2v) is 1.77. The number of aromatic nitrogens is 2. The van der Waals surface area contributed by atoms with E-state index in [0.29, 0.717) is 0 Å². The van der Waals surface area contributed by atoms with Crippen molar-refractivity contribution in [2.45, 2.75) is 0 Å². The van der Waals surface area contributed by atoms with Crippen molar-refractivity contribution in [1.82, 2.24) is 9.97 Å². The summed E-state index contributed by atoms with van der Waals surface area (Å²) in [5, 5.41) is 0. The number of aromatic amines is 2. The van der Waals surface area contributed by atoms with E-state index >= 15 is 0 Å². The molecular formula is C8H11FN2. The molecule has 3 heteroatoms. The molecule has 0 saturated heterocycles. The Labute approximate surface area is 64.6 Å². The van der Waals surface area contributed by atoms with Gasteiger partial charge in [-0.15, -0.1) is 0 Å². The van der Waals surface area contributed by atoms with Gasteiger partial charge in [-0.3, -0.25) is 4.70 Å². The van der Waals surface area contributed by atoms with E-state index in [9.17, 15) is 0 Å². The Morgan fingerprint density at radius 3 is 0.909 bits per heavy atom. The van der Waals surface area contributed by atoms with Crippen LogP contribution in [0.4, 0.5) is 4.70 Å². The maximum Gasteiger partial charge on any atom is 0.000496 e. The van der Waals surface area contributed by atoms with E-state index in [1.165, 1.54) is 0 Å². The van der Waals surface area contributed by atoms with Gasteiger partial charge in [-0.25, -0.2) is 0 Å². The summed E-state index contributed by atoms with van der Waals surface area (Å²) in [6, 6.07) is 7.78. The number of hydrogen-bond acceptors (Lipinski definition) is 0. The van der Waals surface area contributed by atoms with Crippen LogP contribution in [0.15, 0.2) is 49.1 Å². The fraction of sp³-hybridized carbons (Fsp3) is 0. The van der Waals surface area contributed by atoms with Crippen molar-refractivity contribution in [2.24, 2.45) is 0 Å². The van der Waals surface area contributed by atoms with Gasteiger partial charge in [-0.1, -0.05) is 0 Å². The molecule has 2 nitrogen and oxygen atoms in total. The molecule has 0 bridgehead atoms. The molecule has 60 valence electrons. The van der Waals surface area contributed by atoms with Crippen molar-refractivity contribution in [1.29, 1.82) is 0 Å². The summed E-state index contributed by atoms with van der Waals surface area (Å²) in [7, 11) is 0. The minimum atomic E-state index is 0. The molecule has 0 atom stereocenters. The Kier molecular flexibility index (Phi) is 5.70. The fourth-order valence-corrected chi connectivity index (χ4v) is 0.556. The van der Waals surface area contributed by atoms with Gasteiger partial charge in [-0.2, -0.15) is 0 Å². The molecule has 0 saturated carbocycles. The molecule has 0 aliphatic heterocycles. The summed E-state index contributed by atoms with van der Waals surface area (Å²) in [6.45, 7) is 0. The van der Waals surface area contributed by atoms with Crippen LogP contribution in [0.1, 0.15) is 0 Å². The van der Waals surface area contributed by atoms with E-state index in [1.807, 2.05) is 49.1 Å². The van der Waals surface area contributed by atoms with Crippen LogP contribution in [0.2, 0.25) is 0 Å². The third-order valence-corrected chi connectivity index (χ3v) is 0.992. The van der Waals surface area contributed by atoms with Crippen molar-refractivity contribution >= 4 is 0 Å². The van der Waals surface area contributed by atoms with Gasteiger partial charge in [0.2, 0.25) is 0 Å². The normalized spacial score (nSPS) is 7.27. The van der Waals surface area contributed by atoms with Gasteiger partial charge >= 0.3 is 0 Å². The lowest BCUT2D eigenvalue weighted by molar-refractivity contribution is 1.11. The van der Waals surface area contributed by atoms with E-state index in [0.717, 1.165) is 0 Å². The molecule has 2 rings (SSSR count). The molecule has 0 aromatic carbocycles. The van der Waals surface area contributed by atoms with Crippen LogP contribution in [0.25, 0.3) is 0 Å². The Morgan fingerprint density at radius 2 is 0.818 bits per heavy atom. The highest BCUT2D eigenvalue weighted by molar-refractivity contribution is 4.85. The second kappa shape index (κ2) is 6.61. The monoisotopic (exact) mass is 154 g/mol. The first kappa shape index (κ1) is 9.49. The molecule has 0 amide bonds. The molecule has 0 radical (unpaired) electrons. The Balaban J connectivity index is 0.000000167. The van der Waals surface area contributed by atoms with Gasteiger partial charge in [0.15, 0.2) is 0 Å². The van der Waals surface area contributed by atoms with Crippen molar-refractivity contribution in [2.75, 3.05) is 0 Å². The van der Waals surface area contributed by atoms with E-state index < -0.39 is 0 Å². The lowest BCUT2D eigenvalue weighted by atomic mass is 10.7. The Hall–Kier alpha value is -1.51. The lowest BCUT2D eigenvalue weighted by Crippen LogP contribution is -1.38. The van der Waals surface area contributed by atoms with E-state index in [-0.39, 0.29) is 4.70 Å². The third-order valence-electron chi connectivity index (χ3n) is 0.992. The average Bonchev–Trinajstić information content (AvgIpc) is 2.67. The van der Waals surface area contributed by atoms with E-state index in [4.69, 9.17) is 0 Å². The SMILES string of the molecule is F.c1cc[nH]c1.c1cc[nH]c1. The average molecular weight is 154 g/mol. The molecular weight excluding hydrogens is 143 g/mol. The van der Waals surface area contributed by atoms with Crippen LogP contribution in [-0.2, 0) is 0 Å². The number of halogens is 1. The van der Waals surface area contributed by atoms with Crippen molar-refractivity contribution in [3.05, 3.63) is 49.1 Å². The summed E-state index contributed by atoms with van der Waals surface area (Å²) in [5.41, 5.74) is 0. The summed E-state index contributed by atoms with van der Waals surface area (Å²) < 4.78 is 0. The first-order valence-electron chi connectivity index (χ1n) is 3.15. The van der Waals surface area contributed by atoms with Crippen LogP contribution >= 0.6 is 0 Å². The van der Waals surface area contributed by atoms with Gasteiger partial charge in [0, 0.05) is 24.8 Å². The highest BCUT2D eigenvalue weighted by atomic mass is 19.0. The highest BCUT2D eigenvalue weighted by Gasteiger charge is 1.56. The zero-order valence-corrected chi connectivity index (χ0v) is 6.03. The summed E-state index contributed by atoms with van der Waals surface area (Å²) in [5.74, 6) is 0. The van der Waals surface area contributed by atoms with Crippen LogP contribution in [0, 0.1) is 0 Å². The van der Waals surface area contributed by atoms with E-state index in [1.54, 1.807) is 0 Å². The van der Waals surface area contributed by atoms with Crippen LogP contribution < -0.4 is 0 Å². The smallest absolute Gasteiger partial charge is 0.000496 e. The summed E-state index contributed by atoms with van der Waals surface area (Å²) in [4.78, 5) is 5.72. The molecule has 0 aliphatic rings. The van der Waals surface area contributed by atoms with Gasteiger partial charge in [0.25, 0.3) is 0 Å². The number of nitrogens with one attached hydrogen (secondary N) is 2. The van der Waals surface area contributed by atoms with Crippen molar-refractivity contribution in [3.8, 4) is 0 Å². The molecule has 2 aromatic rings. The van der Waals surface area contributed by atoms with E-state index in [2.05, 4.69) is 9.97 Å².